The molecule has 1 fully saturated rings. The van der Waals surface area contributed by atoms with Crippen LogP contribution in [0.2, 0.25) is 0 Å². The number of hydrogen-bond donors (Lipinski definition) is 0. The molecule has 0 bridgehead atoms. The van der Waals surface area contributed by atoms with Gasteiger partial charge >= 0.3 is 5.97 Å². The van der Waals surface area contributed by atoms with Gasteiger partial charge in [0.2, 0.25) is 11.7 Å². The lowest BCUT2D eigenvalue weighted by molar-refractivity contribution is -0.155. The molecule has 3 rings (SSSR count). The average molecular weight is 512 g/mol. The maximum absolute atomic E-state index is 13.0. The summed E-state index contributed by atoms with van der Waals surface area (Å²) in [6, 6.07) is 10.9. The Morgan fingerprint density at radius 3 is 2.24 bits per heavy atom. The minimum Gasteiger partial charge on any atom is -0.497 e. The first-order valence-electron chi connectivity index (χ1n) is 12.6. The third-order valence-corrected chi connectivity index (χ3v) is 6.43. The van der Waals surface area contributed by atoms with Crippen LogP contribution < -0.4 is 18.9 Å². The summed E-state index contributed by atoms with van der Waals surface area (Å²) >= 11 is 0. The third-order valence-electron chi connectivity index (χ3n) is 6.43. The number of nitrogens with zero attached hydrogens (tertiary/aromatic N) is 1. The Kier molecular flexibility index (Phi) is 10.7. The Hall–Kier alpha value is -3.68. The number of unbranched alkanes of at least 4 members (excludes halogenated alkanes) is 1. The number of rotatable bonds is 12. The quantitative estimate of drug-likeness (QED) is 0.232. The molecule has 0 saturated carbocycles. The van der Waals surface area contributed by atoms with E-state index in [9.17, 15) is 9.59 Å². The first-order chi connectivity index (χ1) is 18.0. The van der Waals surface area contributed by atoms with Crippen molar-refractivity contribution in [1.82, 2.24) is 4.90 Å². The van der Waals surface area contributed by atoms with Crippen LogP contribution in [0.5, 0.6) is 23.0 Å². The van der Waals surface area contributed by atoms with Gasteiger partial charge in [-0.3, -0.25) is 4.79 Å². The second-order valence-corrected chi connectivity index (χ2v) is 8.81. The molecule has 8 heteroatoms. The fraction of sp³-hybridized carbons (Fsp3) is 0.448. The number of carbonyl (C=O) groups is 2. The van der Waals surface area contributed by atoms with Gasteiger partial charge in [-0.25, -0.2) is 4.79 Å². The van der Waals surface area contributed by atoms with Crippen molar-refractivity contribution in [3.05, 3.63) is 53.6 Å². The second kappa shape index (κ2) is 14.2. The maximum Gasteiger partial charge on any atom is 0.328 e. The number of piperidine rings is 1. The zero-order valence-corrected chi connectivity index (χ0v) is 22.2. The van der Waals surface area contributed by atoms with Crippen molar-refractivity contribution in [3.8, 4) is 23.0 Å². The molecule has 2 aromatic rings. The Morgan fingerprint density at radius 1 is 0.919 bits per heavy atom. The zero-order valence-electron chi connectivity index (χ0n) is 22.2. The van der Waals surface area contributed by atoms with Crippen LogP contribution in [0.25, 0.3) is 6.08 Å². The predicted octanol–water partition coefficient (Wildman–Crippen LogP) is 4.68. The number of ether oxygens (including phenoxy) is 5. The van der Waals surface area contributed by atoms with E-state index in [-0.39, 0.29) is 11.9 Å². The molecular formula is C29H37NO7. The molecule has 0 aliphatic carbocycles. The number of benzene rings is 2. The number of likely N-dealkylation sites (tertiary alicyclic amines) is 1. The molecule has 1 heterocycles. The first-order valence-corrected chi connectivity index (χ1v) is 12.6. The van der Waals surface area contributed by atoms with Gasteiger partial charge in [-0.2, -0.15) is 0 Å². The van der Waals surface area contributed by atoms with Gasteiger partial charge in [-0.15, -0.1) is 0 Å². The highest BCUT2D eigenvalue weighted by Crippen LogP contribution is 2.38. The first kappa shape index (κ1) is 27.9. The molecule has 0 radical (unpaired) electrons. The second-order valence-electron chi connectivity index (χ2n) is 8.81. The van der Waals surface area contributed by atoms with E-state index < -0.39 is 6.04 Å². The van der Waals surface area contributed by atoms with Gasteiger partial charge in [0.25, 0.3) is 0 Å². The lowest BCUT2D eigenvalue weighted by atomic mass is 10.0. The van der Waals surface area contributed by atoms with Crippen molar-refractivity contribution < 1.29 is 33.3 Å². The highest BCUT2D eigenvalue weighted by atomic mass is 16.5. The number of hydrogen-bond acceptors (Lipinski definition) is 7. The van der Waals surface area contributed by atoms with Crippen molar-refractivity contribution in [2.24, 2.45) is 0 Å². The van der Waals surface area contributed by atoms with Gasteiger partial charge in [-0.05, 0) is 80.0 Å². The van der Waals surface area contributed by atoms with Crippen molar-refractivity contribution in [3.63, 3.8) is 0 Å². The van der Waals surface area contributed by atoms with Gasteiger partial charge in [0.1, 0.15) is 11.8 Å². The van der Waals surface area contributed by atoms with Gasteiger partial charge in [-0.1, -0.05) is 12.1 Å². The summed E-state index contributed by atoms with van der Waals surface area (Å²) in [6.45, 7) is 0.866. The fourth-order valence-electron chi connectivity index (χ4n) is 4.39. The summed E-state index contributed by atoms with van der Waals surface area (Å²) < 4.78 is 26.9. The van der Waals surface area contributed by atoms with E-state index >= 15 is 0 Å². The molecule has 200 valence electrons. The van der Waals surface area contributed by atoms with Crippen molar-refractivity contribution in [2.45, 2.75) is 44.6 Å². The number of methoxy groups -OCH3 is 4. The third kappa shape index (κ3) is 7.65. The van der Waals surface area contributed by atoms with Gasteiger partial charge in [0.15, 0.2) is 11.5 Å². The van der Waals surface area contributed by atoms with E-state index in [2.05, 4.69) is 0 Å². The summed E-state index contributed by atoms with van der Waals surface area (Å²) in [5.41, 5.74) is 1.94. The van der Waals surface area contributed by atoms with Crippen LogP contribution in [0.4, 0.5) is 0 Å². The van der Waals surface area contributed by atoms with Crippen LogP contribution in [0.15, 0.2) is 42.5 Å². The zero-order chi connectivity index (χ0) is 26.6. The summed E-state index contributed by atoms with van der Waals surface area (Å²) in [7, 11) is 6.27. The summed E-state index contributed by atoms with van der Waals surface area (Å²) in [6.07, 6.45) is 8.08. The summed E-state index contributed by atoms with van der Waals surface area (Å²) in [5.74, 6) is 1.76. The lowest BCUT2D eigenvalue weighted by Crippen LogP contribution is -2.48. The number of carbonyl (C=O) groups excluding carboxylic acids is 2. The molecular weight excluding hydrogens is 474 g/mol. The molecule has 1 aliphatic heterocycles. The standard InChI is InChI=1S/C29H37NO7/c1-33-23-14-11-21(12-15-23)9-6-8-18-37-29(32)24-10-5-7-17-30(24)27(31)16-13-22-19-25(34-2)28(36-4)26(20-22)35-3/h11-16,19-20,24H,5-10,17-18H2,1-4H3/b16-13+/t24-/m1/s1. The SMILES string of the molecule is COc1ccc(CCCCOC(=O)[C@H]2CCCCN2C(=O)/C=C/c2cc(OC)c(OC)c(OC)c2)cc1. The molecule has 0 N–H and O–H groups in total. The molecule has 37 heavy (non-hydrogen) atoms. The molecule has 0 spiro atoms. The normalized spacial score (nSPS) is 15.4. The van der Waals surface area contributed by atoms with Gasteiger partial charge in [0, 0.05) is 12.6 Å². The maximum atomic E-state index is 13.0. The molecule has 0 unspecified atom stereocenters. The van der Waals surface area contributed by atoms with Crippen molar-refractivity contribution >= 4 is 18.0 Å². The summed E-state index contributed by atoms with van der Waals surface area (Å²) in [5, 5.41) is 0. The molecule has 1 amide bonds. The van der Waals surface area contributed by atoms with E-state index in [4.69, 9.17) is 23.7 Å². The highest BCUT2D eigenvalue weighted by molar-refractivity contribution is 5.95. The van der Waals surface area contributed by atoms with Crippen LogP contribution in [-0.2, 0) is 20.7 Å². The topological polar surface area (TPSA) is 83.5 Å². The monoisotopic (exact) mass is 511 g/mol. The smallest absolute Gasteiger partial charge is 0.328 e. The Labute approximate surface area is 219 Å². The summed E-state index contributed by atoms with van der Waals surface area (Å²) in [4.78, 5) is 27.5. The highest BCUT2D eigenvalue weighted by Gasteiger charge is 2.32. The average Bonchev–Trinajstić information content (AvgIpc) is 2.95. The van der Waals surface area contributed by atoms with Crippen molar-refractivity contribution in [1.29, 1.82) is 0 Å². The van der Waals surface area contributed by atoms with Crippen LogP contribution in [0.3, 0.4) is 0 Å². The number of esters is 1. The van der Waals surface area contributed by atoms with Crippen molar-refractivity contribution in [2.75, 3.05) is 41.6 Å². The minimum absolute atomic E-state index is 0.227. The lowest BCUT2D eigenvalue weighted by Gasteiger charge is -2.33. The van der Waals surface area contributed by atoms with Crippen LogP contribution in [-0.4, -0.2) is 64.4 Å². The van der Waals surface area contributed by atoms with Crippen LogP contribution in [0.1, 0.15) is 43.2 Å². The Bertz CT molecular complexity index is 1040. The van der Waals surface area contributed by atoms with E-state index in [1.807, 2.05) is 24.3 Å². The molecule has 1 atom stereocenters. The van der Waals surface area contributed by atoms with E-state index in [0.717, 1.165) is 43.4 Å². The fourth-order valence-corrected chi connectivity index (χ4v) is 4.39. The molecule has 2 aromatic carbocycles. The van der Waals surface area contributed by atoms with E-state index in [1.165, 1.54) is 18.7 Å². The van der Waals surface area contributed by atoms with Gasteiger partial charge in [0.05, 0.1) is 35.0 Å². The molecule has 0 aromatic heterocycles. The Balaban J connectivity index is 1.54. The number of amides is 1. The van der Waals surface area contributed by atoms with Gasteiger partial charge < -0.3 is 28.6 Å². The molecule has 1 aliphatic rings. The Morgan fingerprint density at radius 2 is 1.62 bits per heavy atom. The minimum atomic E-state index is -0.563. The predicted molar refractivity (Wildman–Crippen MR) is 141 cm³/mol. The largest absolute Gasteiger partial charge is 0.497 e. The molecule has 8 nitrogen and oxygen atoms in total. The number of aryl methyl sites for hydroxylation is 1. The van der Waals surface area contributed by atoms with Crippen LogP contribution in [0, 0.1) is 0 Å². The van der Waals surface area contributed by atoms with E-state index in [1.54, 1.807) is 44.4 Å². The van der Waals surface area contributed by atoms with E-state index in [0.29, 0.717) is 36.8 Å². The molecule has 1 saturated heterocycles. The van der Waals surface area contributed by atoms with Crippen LogP contribution >= 0.6 is 0 Å².